The SMILES string of the molecule is O=C(c1cc(Br)c(Br)s1)N1CCN2CCCC2C1. The molecule has 0 spiro atoms. The Kier molecular flexibility index (Phi) is 3.80. The highest BCUT2D eigenvalue weighted by Crippen LogP contribution is 2.33. The number of carbonyl (C=O) groups is 1. The minimum Gasteiger partial charge on any atom is -0.335 e. The Morgan fingerprint density at radius 1 is 1.33 bits per heavy atom. The van der Waals surface area contributed by atoms with Crippen molar-refractivity contribution < 1.29 is 4.79 Å². The van der Waals surface area contributed by atoms with Crippen molar-refractivity contribution in [2.45, 2.75) is 18.9 Å². The quantitative estimate of drug-likeness (QED) is 0.731. The van der Waals surface area contributed by atoms with Gasteiger partial charge in [0.15, 0.2) is 0 Å². The summed E-state index contributed by atoms with van der Waals surface area (Å²) in [5.74, 6) is 0.179. The Morgan fingerprint density at radius 2 is 2.17 bits per heavy atom. The van der Waals surface area contributed by atoms with Gasteiger partial charge in [0.2, 0.25) is 0 Å². The van der Waals surface area contributed by atoms with Gasteiger partial charge in [-0.2, -0.15) is 0 Å². The van der Waals surface area contributed by atoms with Crippen LogP contribution in [0, 0.1) is 0 Å². The van der Waals surface area contributed by atoms with Gasteiger partial charge in [-0.25, -0.2) is 0 Å². The molecule has 2 fully saturated rings. The van der Waals surface area contributed by atoms with Gasteiger partial charge in [0.05, 0.1) is 8.66 Å². The van der Waals surface area contributed by atoms with Crippen LogP contribution in [0.1, 0.15) is 22.5 Å². The second-order valence-electron chi connectivity index (χ2n) is 4.82. The molecule has 2 aliphatic heterocycles. The molecule has 3 nitrogen and oxygen atoms in total. The van der Waals surface area contributed by atoms with E-state index in [9.17, 15) is 4.79 Å². The molecule has 1 amide bonds. The summed E-state index contributed by atoms with van der Waals surface area (Å²) >= 11 is 8.39. The topological polar surface area (TPSA) is 23.6 Å². The molecule has 1 unspecified atom stereocenters. The fourth-order valence-electron chi connectivity index (χ4n) is 2.78. The van der Waals surface area contributed by atoms with Crippen LogP contribution in [0.25, 0.3) is 0 Å². The Morgan fingerprint density at radius 3 is 2.89 bits per heavy atom. The highest BCUT2D eigenvalue weighted by Gasteiger charge is 2.33. The first-order chi connectivity index (χ1) is 8.65. The molecule has 0 radical (unpaired) electrons. The van der Waals surface area contributed by atoms with Crippen LogP contribution in [0.3, 0.4) is 0 Å². The Hall–Kier alpha value is 0.0900. The van der Waals surface area contributed by atoms with E-state index in [4.69, 9.17) is 0 Å². The lowest BCUT2D eigenvalue weighted by atomic mass is 10.1. The molecule has 6 heteroatoms. The summed E-state index contributed by atoms with van der Waals surface area (Å²) in [7, 11) is 0. The maximum absolute atomic E-state index is 12.4. The van der Waals surface area contributed by atoms with Gasteiger partial charge in [0.25, 0.3) is 5.91 Å². The molecule has 0 N–H and O–H groups in total. The van der Waals surface area contributed by atoms with Gasteiger partial charge < -0.3 is 4.90 Å². The molecule has 1 atom stereocenters. The van der Waals surface area contributed by atoms with Crippen molar-refractivity contribution in [3.05, 3.63) is 19.2 Å². The van der Waals surface area contributed by atoms with Crippen LogP contribution in [-0.4, -0.2) is 47.9 Å². The number of hydrogen-bond donors (Lipinski definition) is 0. The fraction of sp³-hybridized carbons (Fsp3) is 0.583. The van der Waals surface area contributed by atoms with E-state index >= 15 is 0 Å². The Labute approximate surface area is 127 Å². The highest BCUT2D eigenvalue weighted by molar-refractivity contribution is 9.13. The maximum atomic E-state index is 12.4. The van der Waals surface area contributed by atoms with E-state index in [1.54, 1.807) is 0 Å². The second kappa shape index (κ2) is 5.23. The summed E-state index contributed by atoms with van der Waals surface area (Å²) in [6, 6.07) is 2.51. The zero-order valence-electron chi connectivity index (χ0n) is 9.86. The molecule has 0 aliphatic carbocycles. The van der Waals surface area contributed by atoms with Gasteiger partial charge in [-0.15, -0.1) is 11.3 Å². The lowest BCUT2D eigenvalue weighted by Crippen LogP contribution is -2.51. The van der Waals surface area contributed by atoms with Gasteiger partial charge >= 0.3 is 0 Å². The molecule has 2 saturated heterocycles. The number of piperazine rings is 1. The predicted molar refractivity (Wildman–Crippen MR) is 80.2 cm³/mol. The minimum absolute atomic E-state index is 0.179. The number of rotatable bonds is 1. The first-order valence-electron chi connectivity index (χ1n) is 6.13. The Balaban J connectivity index is 1.73. The summed E-state index contributed by atoms with van der Waals surface area (Å²) in [6.45, 7) is 4.00. The van der Waals surface area contributed by atoms with Crippen LogP contribution in [0.5, 0.6) is 0 Å². The number of hydrogen-bond acceptors (Lipinski definition) is 3. The van der Waals surface area contributed by atoms with Gasteiger partial charge in [0, 0.05) is 30.1 Å². The van der Waals surface area contributed by atoms with Crippen molar-refractivity contribution in [1.82, 2.24) is 9.80 Å². The predicted octanol–water partition coefficient (Wildman–Crippen LogP) is 3.19. The molecule has 98 valence electrons. The minimum atomic E-state index is 0.179. The van der Waals surface area contributed by atoms with E-state index in [1.165, 1.54) is 30.7 Å². The molecule has 1 aromatic heterocycles. The van der Waals surface area contributed by atoms with Crippen LogP contribution in [0.4, 0.5) is 0 Å². The lowest BCUT2D eigenvalue weighted by molar-refractivity contribution is 0.0576. The van der Waals surface area contributed by atoms with E-state index in [-0.39, 0.29) is 5.91 Å². The molecule has 0 saturated carbocycles. The van der Waals surface area contributed by atoms with Gasteiger partial charge in [-0.05, 0) is 57.3 Å². The van der Waals surface area contributed by atoms with Crippen molar-refractivity contribution >= 4 is 49.1 Å². The van der Waals surface area contributed by atoms with Gasteiger partial charge in [0.1, 0.15) is 0 Å². The largest absolute Gasteiger partial charge is 0.335 e. The molecule has 0 aromatic carbocycles. The van der Waals surface area contributed by atoms with E-state index in [1.807, 2.05) is 11.0 Å². The average molecular weight is 394 g/mol. The number of nitrogens with zero attached hydrogens (tertiary/aromatic N) is 2. The van der Waals surface area contributed by atoms with Crippen molar-refractivity contribution in [2.75, 3.05) is 26.2 Å². The monoisotopic (exact) mass is 392 g/mol. The summed E-state index contributed by atoms with van der Waals surface area (Å²) in [5, 5.41) is 0. The van der Waals surface area contributed by atoms with Crippen LogP contribution in [0.2, 0.25) is 0 Å². The molecule has 1 aromatic rings. The number of amides is 1. The molecule has 2 aliphatic rings. The summed E-state index contributed by atoms with van der Waals surface area (Å²) in [5.41, 5.74) is 0. The van der Waals surface area contributed by atoms with Crippen molar-refractivity contribution in [3.63, 3.8) is 0 Å². The standard InChI is InChI=1S/C12H14Br2N2OS/c13-9-6-10(18-11(9)14)12(17)16-5-4-15-3-1-2-8(15)7-16/h6,8H,1-5,7H2. The second-order valence-corrected chi connectivity index (χ2v) is 8.04. The number of fused-ring (bicyclic) bond motifs is 1. The third-order valence-corrected chi connectivity index (χ3v) is 6.97. The third-order valence-electron chi connectivity index (χ3n) is 3.73. The van der Waals surface area contributed by atoms with Crippen LogP contribution in [-0.2, 0) is 0 Å². The maximum Gasteiger partial charge on any atom is 0.264 e. The summed E-state index contributed by atoms with van der Waals surface area (Å²) in [4.78, 5) is 17.8. The normalized spacial score (nSPS) is 24.3. The summed E-state index contributed by atoms with van der Waals surface area (Å²) < 4.78 is 1.96. The smallest absolute Gasteiger partial charge is 0.264 e. The highest BCUT2D eigenvalue weighted by atomic mass is 79.9. The number of thiophene rings is 1. The zero-order valence-corrected chi connectivity index (χ0v) is 13.9. The zero-order chi connectivity index (χ0) is 12.7. The van der Waals surface area contributed by atoms with Crippen LogP contribution in [0.15, 0.2) is 14.3 Å². The van der Waals surface area contributed by atoms with E-state index in [0.29, 0.717) is 6.04 Å². The number of carbonyl (C=O) groups excluding carboxylic acids is 1. The average Bonchev–Trinajstić information content (AvgIpc) is 2.95. The Bertz CT molecular complexity index is 457. The summed E-state index contributed by atoms with van der Waals surface area (Å²) in [6.07, 6.45) is 2.52. The van der Waals surface area contributed by atoms with Crippen LogP contribution < -0.4 is 0 Å². The van der Waals surface area contributed by atoms with Crippen molar-refractivity contribution in [2.24, 2.45) is 0 Å². The molecule has 0 bridgehead atoms. The van der Waals surface area contributed by atoms with Gasteiger partial charge in [-0.1, -0.05) is 0 Å². The van der Waals surface area contributed by atoms with Crippen molar-refractivity contribution in [3.8, 4) is 0 Å². The lowest BCUT2D eigenvalue weighted by Gasteiger charge is -2.37. The van der Waals surface area contributed by atoms with E-state index in [0.717, 1.165) is 32.8 Å². The van der Waals surface area contributed by atoms with E-state index < -0.39 is 0 Å². The van der Waals surface area contributed by atoms with Gasteiger partial charge in [-0.3, -0.25) is 9.69 Å². The molecule has 18 heavy (non-hydrogen) atoms. The third kappa shape index (κ3) is 2.40. The van der Waals surface area contributed by atoms with E-state index in [2.05, 4.69) is 36.8 Å². The fourth-order valence-corrected chi connectivity index (χ4v) is 4.79. The van der Waals surface area contributed by atoms with Crippen LogP contribution >= 0.6 is 43.2 Å². The first kappa shape index (κ1) is 13.1. The first-order valence-corrected chi connectivity index (χ1v) is 8.53. The molecular formula is C12H14Br2N2OS. The molecule has 3 rings (SSSR count). The van der Waals surface area contributed by atoms with Crippen molar-refractivity contribution in [1.29, 1.82) is 0 Å². The molecule has 3 heterocycles. The number of halogens is 2. The molecular weight excluding hydrogens is 380 g/mol.